The van der Waals surface area contributed by atoms with Gasteiger partial charge in [-0.3, -0.25) is 0 Å². The average Bonchev–Trinajstić information content (AvgIpc) is 2.79. The predicted octanol–water partition coefficient (Wildman–Crippen LogP) is 8.32. The van der Waals surface area contributed by atoms with Gasteiger partial charge in [0.15, 0.2) is 0 Å². The van der Waals surface area contributed by atoms with E-state index in [-0.39, 0.29) is 0 Å². The highest BCUT2D eigenvalue weighted by Gasteiger charge is 2.27. The lowest BCUT2D eigenvalue weighted by Crippen LogP contribution is -2.29. The summed E-state index contributed by atoms with van der Waals surface area (Å²) in [6.45, 7) is 6.68. The Kier molecular flexibility index (Phi) is 11.6. The van der Waals surface area contributed by atoms with Gasteiger partial charge in [-0.15, -0.1) is 0 Å². The van der Waals surface area contributed by atoms with Crippen molar-refractivity contribution in [2.24, 2.45) is 23.7 Å². The average molecular weight is 421 g/mol. The second kappa shape index (κ2) is 14.1. The molecule has 3 aliphatic rings. The lowest BCUT2D eigenvalue weighted by molar-refractivity contribution is -0.0373. The highest BCUT2D eigenvalue weighted by Crippen LogP contribution is 2.34. The molecule has 0 unspecified atom stereocenters. The first-order valence-corrected chi connectivity index (χ1v) is 14.0. The molecule has 0 saturated heterocycles. The summed E-state index contributed by atoms with van der Waals surface area (Å²) in [6.07, 6.45) is 25.9. The molecule has 0 heterocycles. The monoisotopic (exact) mass is 420 g/mol. The van der Waals surface area contributed by atoms with Crippen LogP contribution >= 0.6 is 0 Å². The van der Waals surface area contributed by atoms with Crippen LogP contribution in [0, 0.1) is 23.7 Å². The van der Waals surface area contributed by atoms with Crippen molar-refractivity contribution in [3.8, 4) is 0 Å². The Bertz CT molecular complexity index is 412. The van der Waals surface area contributed by atoms with Gasteiger partial charge in [0.2, 0.25) is 0 Å². The van der Waals surface area contributed by atoms with Crippen molar-refractivity contribution in [1.29, 1.82) is 0 Å². The minimum absolute atomic E-state index is 0.535. The van der Waals surface area contributed by atoms with E-state index in [1.165, 1.54) is 116 Å². The Morgan fingerprint density at radius 2 is 0.900 bits per heavy atom. The second-order valence-corrected chi connectivity index (χ2v) is 11.1. The Balaban J connectivity index is 1.19. The smallest absolute Gasteiger partial charge is 0.0575 e. The molecule has 0 aromatic heterocycles. The van der Waals surface area contributed by atoms with E-state index in [0.717, 1.165) is 36.9 Å². The lowest BCUT2D eigenvalue weighted by Gasteiger charge is -2.33. The van der Waals surface area contributed by atoms with Crippen LogP contribution in [-0.2, 0) is 9.47 Å². The molecule has 3 fully saturated rings. The third-order valence-electron chi connectivity index (χ3n) is 8.60. The molecule has 3 aliphatic carbocycles. The molecule has 0 radical (unpaired) electrons. The first kappa shape index (κ1) is 24.6. The maximum atomic E-state index is 6.39. The molecule has 0 spiro atoms. The molecule has 3 saturated carbocycles. The number of hydrogen-bond acceptors (Lipinski definition) is 2. The van der Waals surface area contributed by atoms with Crippen LogP contribution in [0.5, 0.6) is 0 Å². The first-order valence-electron chi connectivity index (χ1n) is 14.0. The van der Waals surface area contributed by atoms with Crippen LogP contribution in [0.3, 0.4) is 0 Å². The van der Waals surface area contributed by atoms with E-state index in [2.05, 4.69) is 13.8 Å². The van der Waals surface area contributed by atoms with Crippen molar-refractivity contribution in [3.05, 3.63) is 0 Å². The normalized spacial score (nSPS) is 35.4. The van der Waals surface area contributed by atoms with Crippen molar-refractivity contribution in [3.63, 3.8) is 0 Å². The predicted molar refractivity (Wildman–Crippen MR) is 128 cm³/mol. The molecule has 0 aliphatic heterocycles. The zero-order chi connectivity index (χ0) is 21.0. The van der Waals surface area contributed by atoms with Gasteiger partial charge in [-0.05, 0) is 87.9 Å². The summed E-state index contributed by atoms with van der Waals surface area (Å²) in [6, 6.07) is 0. The SMILES string of the molecule is CCCCCC1CCC(COC2CCC(COC3CCC(CCC)CC3)CC2)CC1. The zero-order valence-corrected chi connectivity index (χ0v) is 20.4. The van der Waals surface area contributed by atoms with Crippen molar-refractivity contribution in [1.82, 2.24) is 0 Å². The van der Waals surface area contributed by atoms with Gasteiger partial charge in [0, 0.05) is 13.2 Å². The molecule has 30 heavy (non-hydrogen) atoms. The number of unbranched alkanes of at least 4 members (excludes halogenated alkanes) is 2. The largest absolute Gasteiger partial charge is 0.378 e. The molecule has 176 valence electrons. The van der Waals surface area contributed by atoms with E-state index in [1.54, 1.807) is 0 Å². The molecule has 0 bridgehead atoms. The minimum Gasteiger partial charge on any atom is -0.378 e. The van der Waals surface area contributed by atoms with Gasteiger partial charge in [-0.1, -0.05) is 65.2 Å². The van der Waals surface area contributed by atoms with Gasteiger partial charge in [-0.25, -0.2) is 0 Å². The van der Waals surface area contributed by atoms with Crippen LogP contribution < -0.4 is 0 Å². The number of ether oxygens (including phenoxy) is 2. The summed E-state index contributed by atoms with van der Waals surface area (Å²) in [5.74, 6) is 3.64. The van der Waals surface area contributed by atoms with E-state index >= 15 is 0 Å². The Morgan fingerprint density at radius 3 is 1.40 bits per heavy atom. The minimum atomic E-state index is 0.535. The van der Waals surface area contributed by atoms with Crippen molar-refractivity contribution in [2.45, 2.75) is 142 Å². The van der Waals surface area contributed by atoms with Crippen LogP contribution in [-0.4, -0.2) is 25.4 Å². The van der Waals surface area contributed by atoms with Crippen molar-refractivity contribution < 1.29 is 9.47 Å². The topological polar surface area (TPSA) is 18.5 Å². The fourth-order valence-electron chi connectivity index (χ4n) is 6.37. The van der Waals surface area contributed by atoms with E-state index in [1.807, 2.05) is 0 Å². The third-order valence-corrected chi connectivity index (χ3v) is 8.60. The zero-order valence-electron chi connectivity index (χ0n) is 20.4. The Morgan fingerprint density at radius 1 is 0.467 bits per heavy atom. The van der Waals surface area contributed by atoms with E-state index < -0.39 is 0 Å². The van der Waals surface area contributed by atoms with E-state index in [9.17, 15) is 0 Å². The summed E-state index contributed by atoms with van der Waals surface area (Å²) >= 11 is 0. The van der Waals surface area contributed by atoms with Gasteiger partial charge in [0.05, 0.1) is 12.2 Å². The Hall–Kier alpha value is -0.0800. The maximum absolute atomic E-state index is 6.39. The van der Waals surface area contributed by atoms with E-state index in [0.29, 0.717) is 12.2 Å². The van der Waals surface area contributed by atoms with Crippen LogP contribution in [0.4, 0.5) is 0 Å². The van der Waals surface area contributed by atoms with Gasteiger partial charge in [0.1, 0.15) is 0 Å². The standard InChI is InChI=1S/C28H52O2/c1-3-5-6-8-24-9-11-25(12-10-24)21-29-28-19-15-26(16-20-28)22-30-27-17-13-23(7-4-2)14-18-27/h23-28H,3-22H2,1-2H3. The van der Waals surface area contributed by atoms with Crippen LogP contribution in [0.25, 0.3) is 0 Å². The molecule has 2 nitrogen and oxygen atoms in total. The van der Waals surface area contributed by atoms with Crippen molar-refractivity contribution in [2.75, 3.05) is 13.2 Å². The van der Waals surface area contributed by atoms with Gasteiger partial charge < -0.3 is 9.47 Å². The molecule has 0 amide bonds. The fraction of sp³-hybridized carbons (Fsp3) is 1.00. The van der Waals surface area contributed by atoms with Gasteiger partial charge in [-0.2, -0.15) is 0 Å². The quantitative estimate of drug-likeness (QED) is 0.295. The Labute approximate surface area is 188 Å². The number of rotatable bonds is 12. The molecular formula is C28H52O2. The van der Waals surface area contributed by atoms with Gasteiger partial charge in [0.25, 0.3) is 0 Å². The summed E-state index contributed by atoms with van der Waals surface area (Å²) < 4.78 is 12.7. The number of hydrogen-bond donors (Lipinski definition) is 0. The van der Waals surface area contributed by atoms with Crippen LogP contribution in [0.15, 0.2) is 0 Å². The second-order valence-electron chi connectivity index (χ2n) is 11.1. The van der Waals surface area contributed by atoms with E-state index in [4.69, 9.17) is 9.47 Å². The fourth-order valence-corrected chi connectivity index (χ4v) is 6.37. The summed E-state index contributed by atoms with van der Waals surface area (Å²) in [4.78, 5) is 0. The highest BCUT2D eigenvalue weighted by molar-refractivity contribution is 4.77. The first-order chi connectivity index (χ1) is 14.8. The maximum Gasteiger partial charge on any atom is 0.0575 e. The molecule has 0 aromatic rings. The molecule has 0 N–H and O–H groups in total. The summed E-state index contributed by atoms with van der Waals surface area (Å²) in [5.41, 5.74) is 0. The third kappa shape index (κ3) is 8.81. The molecular weight excluding hydrogens is 368 g/mol. The van der Waals surface area contributed by atoms with Crippen LogP contribution in [0.1, 0.15) is 129 Å². The molecule has 2 heteroatoms. The van der Waals surface area contributed by atoms with Gasteiger partial charge >= 0.3 is 0 Å². The van der Waals surface area contributed by atoms with Crippen molar-refractivity contribution >= 4 is 0 Å². The molecule has 3 rings (SSSR count). The summed E-state index contributed by atoms with van der Waals surface area (Å²) in [7, 11) is 0. The summed E-state index contributed by atoms with van der Waals surface area (Å²) in [5, 5.41) is 0. The lowest BCUT2D eigenvalue weighted by atomic mass is 9.80. The van der Waals surface area contributed by atoms with Crippen LogP contribution in [0.2, 0.25) is 0 Å². The highest BCUT2D eigenvalue weighted by atomic mass is 16.5. The molecule has 0 aromatic carbocycles. The molecule has 0 atom stereocenters.